The lowest BCUT2D eigenvalue weighted by Gasteiger charge is -2.30. The molecule has 6 heteroatoms. The highest BCUT2D eigenvalue weighted by molar-refractivity contribution is 5.91. The normalized spacial score (nSPS) is 12.9. The Hall–Kier alpha value is -3.54. The number of anilines is 2. The molecule has 2 heterocycles. The van der Waals surface area contributed by atoms with E-state index in [1.54, 1.807) is 6.07 Å². The maximum absolute atomic E-state index is 12.4. The lowest BCUT2D eigenvalue weighted by atomic mass is 10.0. The first-order chi connectivity index (χ1) is 14.6. The van der Waals surface area contributed by atoms with Gasteiger partial charge in [-0.15, -0.1) is 0 Å². The van der Waals surface area contributed by atoms with Crippen molar-refractivity contribution < 1.29 is 13.9 Å². The van der Waals surface area contributed by atoms with E-state index in [4.69, 9.17) is 9.15 Å². The molecule has 1 amide bonds. The third-order valence-electron chi connectivity index (χ3n) is 5.07. The Kier molecular flexibility index (Phi) is 5.84. The van der Waals surface area contributed by atoms with E-state index in [1.165, 1.54) is 23.6 Å². The number of nitrogens with zero attached hydrogens (tertiary/aromatic N) is 1. The quantitative estimate of drug-likeness (QED) is 0.674. The molecular weight excluding hydrogens is 380 g/mol. The zero-order chi connectivity index (χ0) is 20.9. The summed E-state index contributed by atoms with van der Waals surface area (Å²) in [5.74, 6) is 0.249. The number of aryl methyl sites for hydroxylation is 2. The van der Waals surface area contributed by atoms with Crippen molar-refractivity contribution in [3.05, 3.63) is 88.0 Å². The number of amides is 1. The van der Waals surface area contributed by atoms with Crippen molar-refractivity contribution in [2.24, 2.45) is 0 Å². The molecule has 1 aromatic heterocycles. The van der Waals surface area contributed by atoms with Crippen molar-refractivity contribution in [1.82, 2.24) is 0 Å². The fourth-order valence-corrected chi connectivity index (χ4v) is 3.65. The van der Waals surface area contributed by atoms with Crippen LogP contribution in [0.25, 0.3) is 0 Å². The SMILES string of the molecule is Cc1cccc(NC(=O)COc2coc(CN3CCCc4ccccc43)cc2=O)c1. The van der Waals surface area contributed by atoms with Crippen molar-refractivity contribution in [2.45, 2.75) is 26.3 Å². The summed E-state index contributed by atoms with van der Waals surface area (Å²) in [7, 11) is 0. The molecule has 0 saturated carbocycles. The summed E-state index contributed by atoms with van der Waals surface area (Å²) in [5.41, 5.74) is 3.92. The molecule has 0 spiro atoms. The second-order valence-corrected chi connectivity index (χ2v) is 7.44. The number of carbonyl (C=O) groups is 1. The molecule has 2 aromatic carbocycles. The minimum Gasteiger partial charge on any atom is -0.477 e. The van der Waals surface area contributed by atoms with E-state index < -0.39 is 0 Å². The number of benzene rings is 2. The second kappa shape index (κ2) is 8.86. The van der Waals surface area contributed by atoms with Crippen LogP contribution in [0.2, 0.25) is 0 Å². The van der Waals surface area contributed by atoms with Crippen LogP contribution in [0.3, 0.4) is 0 Å². The van der Waals surface area contributed by atoms with Gasteiger partial charge in [0.2, 0.25) is 11.2 Å². The lowest BCUT2D eigenvalue weighted by molar-refractivity contribution is -0.118. The number of carbonyl (C=O) groups excluding carboxylic acids is 1. The standard InChI is InChI=1S/C24H24N2O4/c1-17-6-4-9-19(12-17)25-24(28)16-30-23-15-29-20(13-22(23)27)14-26-11-5-8-18-7-2-3-10-21(18)26/h2-4,6-7,9-10,12-13,15H,5,8,11,14,16H2,1H3,(H,25,28). The fraction of sp³-hybridized carbons (Fsp3) is 0.250. The molecule has 1 aliphatic rings. The minimum absolute atomic E-state index is 0.0252. The number of para-hydroxylation sites is 1. The van der Waals surface area contributed by atoms with Crippen LogP contribution in [0.4, 0.5) is 11.4 Å². The van der Waals surface area contributed by atoms with Crippen LogP contribution in [0.15, 0.2) is 70.1 Å². The van der Waals surface area contributed by atoms with Gasteiger partial charge in [-0.05, 0) is 49.1 Å². The molecule has 1 aliphatic heterocycles. The van der Waals surface area contributed by atoms with Crippen LogP contribution in [0.1, 0.15) is 23.3 Å². The van der Waals surface area contributed by atoms with E-state index in [1.807, 2.05) is 37.3 Å². The predicted octanol–water partition coefficient (Wildman–Crippen LogP) is 3.92. The monoisotopic (exact) mass is 404 g/mol. The van der Waals surface area contributed by atoms with Crippen LogP contribution < -0.4 is 20.4 Å². The summed E-state index contributed by atoms with van der Waals surface area (Å²) in [6.45, 7) is 3.11. The predicted molar refractivity (Wildman–Crippen MR) is 116 cm³/mol. The van der Waals surface area contributed by atoms with Gasteiger partial charge in [-0.25, -0.2) is 0 Å². The topological polar surface area (TPSA) is 71.8 Å². The van der Waals surface area contributed by atoms with E-state index in [0.717, 1.165) is 24.9 Å². The molecule has 0 bridgehead atoms. The van der Waals surface area contributed by atoms with Crippen molar-refractivity contribution >= 4 is 17.3 Å². The first kappa shape index (κ1) is 19.8. The molecule has 30 heavy (non-hydrogen) atoms. The zero-order valence-electron chi connectivity index (χ0n) is 16.9. The zero-order valence-corrected chi connectivity index (χ0v) is 16.9. The maximum atomic E-state index is 12.4. The van der Waals surface area contributed by atoms with E-state index >= 15 is 0 Å². The summed E-state index contributed by atoms with van der Waals surface area (Å²) in [4.78, 5) is 26.7. The molecule has 0 aliphatic carbocycles. The van der Waals surface area contributed by atoms with Gasteiger partial charge >= 0.3 is 0 Å². The molecule has 154 valence electrons. The van der Waals surface area contributed by atoms with Gasteiger partial charge < -0.3 is 19.4 Å². The van der Waals surface area contributed by atoms with Gasteiger partial charge in [0, 0.05) is 24.0 Å². The maximum Gasteiger partial charge on any atom is 0.262 e. The fourth-order valence-electron chi connectivity index (χ4n) is 3.65. The van der Waals surface area contributed by atoms with Crippen LogP contribution >= 0.6 is 0 Å². The van der Waals surface area contributed by atoms with Gasteiger partial charge in [0.25, 0.3) is 5.91 Å². The Morgan fingerprint density at radius 1 is 1.17 bits per heavy atom. The molecule has 0 saturated heterocycles. The Morgan fingerprint density at radius 3 is 2.87 bits per heavy atom. The van der Waals surface area contributed by atoms with Crippen LogP contribution in [-0.2, 0) is 17.8 Å². The highest BCUT2D eigenvalue weighted by atomic mass is 16.5. The smallest absolute Gasteiger partial charge is 0.262 e. The number of hydrogen-bond acceptors (Lipinski definition) is 5. The Labute approximate surface area is 175 Å². The van der Waals surface area contributed by atoms with Crippen molar-refractivity contribution in [1.29, 1.82) is 0 Å². The first-order valence-electron chi connectivity index (χ1n) is 10.0. The summed E-state index contributed by atoms with van der Waals surface area (Å²) in [6.07, 6.45) is 3.42. The number of rotatable bonds is 6. The van der Waals surface area contributed by atoms with Crippen molar-refractivity contribution in [2.75, 3.05) is 23.4 Å². The molecule has 4 rings (SSSR count). The molecule has 0 radical (unpaired) electrons. The molecule has 1 N–H and O–H groups in total. The molecule has 0 atom stereocenters. The van der Waals surface area contributed by atoms with E-state index in [9.17, 15) is 9.59 Å². The summed E-state index contributed by atoms with van der Waals surface area (Å²) in [5, 5.41) is 2.74. The molecule has 0 fully saturated rings. The summed E-state index contributed by atoms with van der Waals surface area (Å²) >= 11 is 0. The Balaban J connectivity index is 1.37. The lowest BCUT2D eigenvalue weighted by Crippen LogP contribution is -2.29. The number of hydrogen-bond donors (Lipinski definition) is 1. The van der Waals surface area contributed by atoms with Gasteiger partial charge in [-0.2, -0.15) is 0 Å². The minimum atomic E-state index is -0.339. The molecule has 3 aromatic rings. The van der Waals surface area contributed by atoms with Crippen molar-refractivity contribution in [3.63, 3.8) is 0 Å². The Bertz CT molecular complexity index is 1110. The summed E-state index contributed by atoms with van der Waals surface area (Å²) < 4.78 is 11.0. The number of ether oxygens (including phenoxy) is 1. The molecule has 6 nitrogen and oxygen atoms in total. The third-order valence-corrected chi connectivity index (χ3v) is 5.07. The van der Waals surface area contributed by atoms with E-state index in [2.05, 4.69) is 22.3 Å². The van der Waals surface area contributed by atoms with Gasteiger partial charge in [0.05, 0.1) is 6.54 Å². The van der Waals surface area contributed by atoms with E-state index in [0.29, 0.717) is 18.0 Å². The Morgan fingerprint density at radius 2 is 2.03 bits per heavy atom. The van der Waals surface area contributed by atoms with Crippen molar-refractivity contribution in [3.8, 4) is 5.75 Å². The van der Waals surface area contributed by atoms with Crippen LogP contribution in [0, 0.1) is 6.92 Å². The highest BCUT2D eigenvalue weighted by Crippen LogP contribution is 2.28. The average molecular weight is 404 g/mol. The summed E-state index contributed by atoms with van der Waals surface area (Å²) in [6, 6.07) is 17.2. The second-order valence-electron chi connectivity index (χ2n) is 7.44. The molecule has 0 unspecified atom stereocenters. The number of nitrogens with one attached hydrogen (secondary N) is 1. The van der Waals surface area contributed by atoms with Gasteiger partial charge in [0.1, 0.15) is 12.0 Å². The van der Waals surface area contributed by atoms with Gasteiger partial charge in [-0.1, -0.05) is 30.3 Å². The first-order valence-corrected chi connectivity index (χ1v) is 10.0. The van der Waals surface area contributed by atoms with Gasteiger partial charge in [-0.3, -0.25) is 9.59 Å². The number of fused-ring (bicyclic) bond motifs is 1. The van der Waals surface area contributed by atoms with Crippen LogP contribution in [0.5, 0.6) is 5.75 Å². The molecular formula is C24H24N2O4. The van der Waals surface area contributed by atoms with E-state index in [-0.39, 0.29) is 23.7 Å². The van der Waals surface area contributed by atoms with Crippen LogP contribution in [-0.4, -0.2) is 19.1 Å². The highest BCUT2D eigenvalue weighted by Gasteiger charge is 2.18. The third kappa shape index (κ3) is 4.71. The largest absolute Gasteiger partial charge is 0.477 e. The average Bonchev–Trinajstić information content (AvgIpc) is 2.73. The van der Waals surface area contributed by atoms with Gasteiger partial charge in [0.15, 0.2) is 6.61 Å².